The first-order valence-electron chi connectivity index (χ1n) is 6.58. The van der Waals surface area contributed by atoms with Crippen molar-refractivity contribution in [3.63, 3.8) is 0 Å². The van der Waals surface area contributed by atoms with E-state index in [0.717, 1.165) is 31.8 Å². The molecule has 1 aromatic carbocycles. The largest absolute Gasteiger partial charge is 0.351 e. The summed E-state index contributed by atoms with van der Waals surface area (Å²) in [6.45, 7) is 3.28. The van der Waals surface area contributed by atoms with Gasteiger partial charge in [-0.1, -0.05) is 0 Å². The maximum absolute atomic E-state index is 13.5. The monoisotopic (exact) mass is 284 g/mol. The molecule has 0 aliphatic carbocycles. The zero-order valence-corrected chi connectivity index (χ0v) is 11.1. The number of carbonyl (C=O) groups is 1. The highest BCUT2D eigenvalue weighted by Crippen LogP contribution is 2.19. The van der Waals surface area contributed by atoms with Crippen LogP contribution in [-0.2, 0) is 0 Å². The van der Waals surface area contributed by atoms with Gasteiger partial charge in [0.15, 0.2) is 11.6 Å². The average molecular weight is 284 g/mol. The van der Waals surface area contributed by atoms with Crippen molar-refractivity contribution in [1.29, 1.82) is 0 Å². The Hall–Kier alpha value is -1.73. The molecule has 0 radical (unpaired) electrons. The highest BCUT2D eigenvalue weighted by molar-refractivity contribution is 5.94. The summed E-state index contributed by atoms with van der Waals surface area (Å²) >= 11 is 0. The van der Waals surface area contributed by atoms with Crippen LogP contribution in [0.25, 0.3) is 0 Å². The third-order valence-corrected chi connectivity index (χ3v) is 3.36. The van der Waals surface area contributed by atoms with Gasteiger partial charge < -0.3 is 15.6 Å². The van der Waals surface area contributed by atoms with Gasteiger partial charge in [-0.3, -0.25) is 10.6 Å². The van der Waals surface area contributed by atoms with Crippen molar-refractivity contribution < 1.29 is 13.6 Å². The molecule has 1 aromatic rings. The second-order valence-electron chi connectivity index (χ2n) is 4.76. The van der Waals surface area contributed by atoms with E-state index in [0.29, 0.717) is 6.54 Å². The van der Waals surface area contributed by atoms with Gasteiger partial charge in [-0.05, 0) is 38.1 Å². The van der Waals surface area contributed by atoms with Crippen molar-refractivity contribution in [1.82, 2.24) is 10.2 Å². The lowest BCUT2D eigenvalue weighted by Crippen LogP contribution is -2.33. The normalized spacial score (nSPS) is 15.3. The number of nitrogens with two attached hydrogens (primary N) is 1. The molecular weight excluding hydrogens is 266 g/mol. The molecule has 1 aliphatic heterocycles. The molecule has 110 valence electrons. The molecule has 20 heavy (non-hydrogen) atoms. The Morgan fingerprint density at radius 2 is 1.85 bits per heavy atom. The highest BCUT2D eigenvalue weighted by atomic mass is 19.1. The summed E-state index contributed by atoms with van der Waals surface area (Å²) in [5.74, 6) is 2.71. The maximum Gasteiger partial charge on any atom is 0.251 e. The highest BCUT2D eigenvalue weighted by Gasteiger charge is 2.15. The minimum Gasteiger partial charge on any atom is -0.351 e. The van der Waals surface area contributed by atoms with Gasteiger partial charge in [0.25, 0.3) is 5.91 Å². The molecule has 0 spiro atoms. The van der Waals surface area contributed by atoms with Crippen LogP contribution in [0.2, 0.25) is 0 Å². The van der Waals surface area contributed by atoms with Gasteiger partial charge in [-0.2, -0.15) is 0 Å². The van der Waals surface area contributed by atoms with E-state index in [2.05, 4.69) is 10.2 Å². The fourth-order valence-corrected chi connectivity index (χ4v) is 2.28. The molecule has 2 rings (SSSR count). The van der Waals surface area contributed by atoms with Crippen LogP contribution in [0, 0.1) is 11.6 Å². The Kier molecular flexibility index (Phi) is 4.86. The molecule has 5 nitrogen and oxygen atoms in total. The Morgan fingerprint density at radius 1 is 1.25 bits per heavy atom. The quantitative estimate of drug-likeness (QED) is 0.559. The average Bonchev–Trinajstić information content (AvgIpc) is 2.91. The molecule has 4 N–H and O–H groups in total. The van der Waals surface area contributed by atoms with Crippen molar-refractivity contribution in [3.05, 3.63) is 29.3 Å². The van der Waals surface area contributed by atoms with Crippen LogP contribution < -0.4 is 16.6 Å². The van der Waals surface area contributed by atoms with Crippen LogP contribution in [0.3, 0.4) is 0 Å². The molecule has 0 atom stereocenters. The molecule has 0 saturated carbocycles. The number of amides is 1. The summed E-state index contributed by atoms with van der Waals surface area (Å²) in [4.78, 5) is 14.0. The number of benzene rings is 1. The standard InChI is InChI=1S/C13H18F2N4O/c14-10-7-9(8-11(15)12(10)18-16)13(20)17-3-6-19-4-1-2-5-19/h7-8,18H,1-6,16H2,(H,17,20). The van der Waals surface area contributed by atoms with E-state index in [1.54, 1.807) is 0 Å². The molecule has 1 heterocycles. The van der Waals surface area contributed by atoms with E-state index >= 15 is 0 Å². The minimum atomic E-state index is -0.891. The van der Waals surface area contributed by atoms with Gasteiger partial charge in [0, 0.05) is 18.7 Å². The zero-order valence-electron chi connectivity index (χ0n) is 11.1. The number of carbonyl (C=O) groups excluding carboxylic acids is 1. The van der Waals surface area contributed by atoms with Gasteiger partial charge in [-0.25, -0.2) is 8.78 Å². The second-order valence-corrected chi connectivity index (χ2v) is 4.76. The summed E-state index contributed by atoms with van der Waals surface area (Å²) in [5, 5.41) is 2.65. The predicted molar refractivity (Wildman–Crippen MR) is 72.2 cm³/mol. The first-order chi connectivity index (χ1) is 9.61. The molecular formula is C13H18F2N4O. The fraction of sp³-hybridized carbons (Fsp3) is 0.462. The number of hydrogen-bond acceptors (Lipinski definition) is 4. The molecule has 1 fully saturated rings. The van der Waals surface area contributed by atoms with E-state index in [9.17, 15) is 13.6 Å². The van der Waals surface area contributed by atoms with E-state index in [-0.39, 0.29) is 5.56 Å². The molecule has 0 unspecified atom stereocenters. The van der Waals surface area contributed by atoms with Crippen LogP contribution in [0.1, 0.15) is 23.2 Å². The number of nitrogens with zero attached hydrogens (tertiary/aromatic N) is 1. The van der Waals surface area contributed by atoms with Crippen LogP contribution in [0.15, 0.2) is 12.1 Å². The number of hydrogen-bond donors (Lipinski definition) is 3. The number of rotatable bonds is 5. The van der Waals surface area contributed by atoms with Gasteiger partial charge in [0.2, 0.25) is 0 Å². The second kappa shape index (κ2) is 6.62. The van der Waals surface area contributed by atoms with Gasteiger partial charge in [0.1, 0.15) is 5.69 Å². The lowest BCUT2D eigenvalue weighted by molar-refractivity contribution is 0.0949. The number of nitrogens with one attached hydrogen (secondary N) is 2. The van der Waals surface area contributed by atoms with Gasteiger partial charge >= 0.3 is 0 Å². The van der Waals surface area contributed by atoms with E-state index in [1.807, 2.05) is 5.43 Å². The smallest absolute Gasteiger partial charge is 0.251 e. The third kappa shape index (κ3) is 3.43. The van der Waals surface area contributed by atoms with Gasteiger partial charge in [0.05, 0.1) is 0 Å². The summed E-state index contributed by atoms with van der Waals surface area (Å²) in [7, 11) is 0. The van der Waals surface area contributed by atoms with Gasteiger partial charge in [-0.15, -0.1) is 0 Å². The first-order valence-corrected chi connectivity index (χ1v) is 6.58. The lowest BCUT2D eigenvalue weighted by atomic mass is 10.1. The zero-order chi connectivity index (χ0) is 14.5. The van der Waals surface area contributed by atoms with Crippen molar-refractivity contribution in [2.75, 3.05) is 31.6 Å². The minimum absolute atomic E-state index is 0.0552. The molecule has 0 aromatic heterocycles. The Balaban J connectivity index is 1.91. The molecule has 1 aliphatic rings. The lowest BCUT2D eigenvalue weighted by Gasteiger charge is -2.15. The van der Waals surface area contributed by atoms with Crippen LogP contribution >= 0.6 is 0 Å². The summed E-state index contributed by atoms with van der Waals surface area (Å²) < 4.78 is 26.9. The van der Waals surface area contributed by atoms with Crippen molar-refractivity contribution in [2.24, 2.45) is 5.84 Å². The number of nitrogen functional groups attached to an aromatic ring is 1. The maximum atomic E-state index is 13.5. The van der Waals surface area contributed by atoms with Crippen LogP contribution in [0.4, 0.5) is 14.5 Å². The molecule has 1 saturated heterocycles. The first kappa shape index (κ1) is 14.7. The third-order valence-electron chi connectivity index (χ3n) is 3.36. The number of halogens is 2. The summed E-state index contributed by atoms with van der Waals surface area (Å²) in [6, 6.07) is 1.92. The summed E-state index contributed by atoms with van der Waals surface area (Å²) in [6.07, 6.45) is 2.36. The summed E-state index contributed by atoms with van der Waals surface area (Å²) in [5.41, 5.74) is 1.42. The van der Waals surface area contributed by atoms with Crippen LogP contribution in [0.5, 0.6) is 0 Å². The predicted octanol–water partition coefficient (Wildman–Crippen LogP) is 1.08. The number of hydrazine groups is 1. The molecule has 0 bridgehead atoms. The molecule has 7 heteroatoms. The van der Waals surface area contributed by atoms with E-state index in [4.69, 9.17) is 5.84 Å². The van der Waals surface area contributed by atoms with Crippen molar-refractivity contribution in [2.45, 2.75) is 12.8 Å². The Morgan fingerprint density at radius 3 is 2.40 bits per heavy atom. The van der Waals surface area contributed by atoms with Crippen molar-refractivity contribution in [3.8, 4) is 0 Å². The number of anilines is 1. The number of likely N-dealkylation sites (tertiary alicyclic amines) is 1. The van der Waals surface area contributed by atoms with E-state index in [1.165, 1.54) is 12.8 Å². The fourth-order valence-electron chi connectivity index (χ4n) is 2.28. The SMILES string of the molecule is NNc1c(F)cc(C(=O)NCCN2CCCC2)cc1F. The Bertz CT molecular complexity index is 466. The van der Waals surface area contributed by atoms with Crippen molar-refractivity contribution >= 4 is 11.6 Å². The topological polar surface area (TPSA) is 70.4 Å². The Labute approximate surface area is 116 Å². The van der Waals surface area contributed by atoms with E-state index < -0.39 is 23.2 Å². The van der Waals surface area contributed by atoms with Crippen LogP contribution in [-0.4, -0.2) is 37.0 Å². The molecule has 1 amide bonds.